The fourth-order valence-corrected chi connectivity index (χ4v) is 2.95. The van der Waals surface area contributed by atoms with Gasteiger partial charge in [0.2, 0.25) is 0 Å². The summed E-state index contributed by atoms with van der Waals surface area (Å²) in [6.07, 6.45) is 0.261. The zero-order chi connectivity index (χ0) is 13.8. The number of nitrogens with one attached hydrogen (secondary N) is 1. The highest BCUT2D eigenvalue weighted by Crippen LogP contribution is 2.24. The molecule has 0 aliphatic carbocycles. The van der Waals surface area contributed by atoms with E-state index in [1.165, 1.54) is 0 Å². The Kier molecular flexibility index (Phi) is 4.47. The summed E-state index contributed by atoms with van der Waals surface area (Å²) in [5.41, 5.74) is 0.928. The zero-order valence-electron chi connectivity index (χ0n) is 11.5. The molecule has 2 aromatic heterocycles. The lowest BCUT2D eigenvalue weighted by Crippen LogP contribution is -2.44. The van der Waals surface area contributed by atoms with Crippen LogP contribution in [0.4, 0.5) is 0 Å². The van der Waals surface area contributed by atoms with Crippen LogP contribution in [0.1, 0.15) is 5.69 Å². The quantitative estimate of drug-likeness (QED) is 0.911. The third kappa shape index (κ3) is 3.46. The molecule has 3 heterocycles. The Morgan fingerprint density at radius 3 is 3.30 bits per heavy atom. The predicted molar refractivity (Wildman–Crippen MR) is 78.8 cm³/mol. The van der Waals surface area contributed by atoms with Crippen molar-refractivity contribution in [3.8, 4) is 10.6 Å². The molecule has 0 bridgehead atoms. The van der Waals surface area contributed by atoms with E-state index in [0.717, 1.165) is 42.6 Å². The molecule has 1 aliphatic rings. The van der Waals surface area contributed by atoms with Crippen LogP contribution in [0.3, 0.4) is 0 Å². The summed E-state index contributed by atoms with van der Waals surface area (Å²) < 4.78 is 11.1. The standard InChI is InChI=1S/C14H19N3O2S/c1-17-4-5-18-12(10-17)9-15-8-11-7-13(19-16-11)14-3-2-6-20-14/h2-3,6-7,12,15H,4-5,8-10H2,1H3/t12-/m1/s1. The van der Waals surface area contributed by atoms with E-state index in [2.05, 4.69) is 22.4 Å². The molecule has 5 nitrogen and oxygen atoms in total. The Morgan fingerprint density at radius 1 is 1.55 bits per heavy atom. The lowest BCUT2D eigenvalue weighted by Gasteiger charge is -2.30. The minimum Gasteiger partial charge on any atom is -0.374 e. The molecule has 0 saturated carbocycles. The SMILES string of the molecule is CN1CCO[C@H](CNCc2cc(-c3cccs3)on2)C1. The van der Waals surface area contributed by atoms with Crippen molar-refractivity contribution in [3.63, 3.8) is 0 Å². The fraction of sp³-hybridized carbons (Fsp3) is 0.500. The number of aromatic nitrogens is 1. The maximum absolute atomic E-state index is 5.70. The van der Waals surface area contributed by atoms with Gasteiger partial charge in [0.1, 0.15) is 0 Å². The van der Waals surface area contributed by atoms with E-state index < -0.39 is 0 Å². The van der Waals surface area contributed by atoms with Gasteiger partial charge in [-0.15, -0.1) is 11.3 Å². The van der Waals surface area contributed by atoms with Crippen molar-refractivity contribution in [1.29, 1.82) is 0 Å². The average molecular weight is 293 g/mol. The van der Waals surface area contributed by atoms with Crippen molar-refractivity contribution in [3.05, 3.63) is 29.3 Å². The average Bonchev–Trinajstić information content (AvgIpc) is 3.09. The number of hydrogen-bond donors (Lipinski definition) is 1. The molecule has 1 fully saturated rings. The first kappa shape index (κ1) is 13.8. The van der Waals surface area contributed by atoms with Gasteiger partial charge in [0.15, 0.2) is 5.76 Å². The second-order valence-electron chi connectivity index (χ2n) is 5.05. The maximum atomic E-state index is 5.70. The van der Waals surface area contributed by atoms with Gasteiger partial charge in [0.25, 0.3) is 0 Å². The van der Waals surface area contributed by atoms with Gasteiger partial charge in [0.05, 0.1) is 23.3 Å². The third-order valence-electron chi connectivity index (χ3n) is 3.34. The Bertz CT molecular complexity index is 526. The molecule has 2 aromatic rings. The molecule has 0 aromatic carbocycles. The van der Waals surface area contributed by atoms with Crippen molar-refractivity contribution < 1.29 is 9.26 Å². The van der Waals surface area contributed by atoms with Crippen LogP contribution in [-0.4, -0.2) is 49.4 Å². The van der Waals surface area contributed by atoms with Crippen molar-refractivity contribution in [2.45, 2.75) is 12.6 Å². The monoisotopic (exact) mass is 293 g/mol. The number of likely N-dealkylation sites (N-methyl/N-ethyl adjacent to an activating group) is 1. The third-order valence-corrected chi connectivity index (χ3v) is 4.23. The first-order valence-electron chi connectivity index (χ1n) is 6.81. The van der Waals surface area contributed by atoms with Gasteiger partial charge >= 0.3 is 0 Å². The molecule has 6 heteroatoms. The Hall–Kier alpha value is -1.21. The van der Waals surface area contributed by atoms with E-state index in [4.69, 9.17) is 9.26 Å². The molecule has 1 N–H and O–H groups in total. The molecule has 1 atom stereocenters. The normalized spacial score (nSPS) is 20.4. The zero-order valence-corrected chi connectivity index (χ0v) is 12.4. The van der Waals surface area contributed by atoms with Crippen molar-refractivity contribution in [2.24, 2.45) is 0 Å². The van der Waals surface area contributed by atoms with E-state index in [0.29, 0.717) is 6.54 Å². The fourth-order valence-electron chi connectivity index (χ4n) is 2.28. The molecule has 0 radical (unpaired) electrons. The maximum Gasteiger partial charge on any atom is 0.177 e. The predicted octanol–water partition coefficient (Wildman–Crippen LogP) is 1.82. The van der Waals surface area contributed by atoms with Gasteiger partial charge in [-0.25, -0.2) is 0 Å². The van der Waals surface area contributed by atoms with Crippen LogP contribution in [0.2, 0.25) is 0 Å². The van der Waals surface area contributed by atoms with E-state index in [1.807, 2.05) is 23.6 Å². The van der Waals surface area contributed by atoms with Crippen LogP contribution in [-0.2, 0) is 11.3 Å². The van der Waals surface area contributed by atoms with E-state index in [1.54, 1.807) is 11.3 Å². The van der Waals surface area contributed by atoms with Gasteiger partial charge in [-0.1, -0.05) is 11.2 Å². The molecule has 3 rings (SSSR count). The molecule has 1 aliphatic heterocycles. The Morgan fingerprint density at radius 2 is 2.50 bits per heavy atom. The van der Waals surface area contributed by atoms with Crippen LogP contribution < -0.4 is 5.32 Å². The first-order chi connectivity index (χ1) is 9.81. The van der Waals surface area contributed by atoms with Crippen LogP contribution in [0.25, 0.3) is 10.6 Å². The van der Waals surface area contributed by atoms with Crippen LogP contribution in [0, 0.1) is 0 Å². The summed E-state index contributed by atoms with van der Waals surface area (Å²) in [7, 11) is 2.13. The lowest BCUT2D eigenvalue weighted by atomic mass is 10.2. The van der Waals surface area contributed by atoms with E-state index in [-0.39, 0.29) is 6.10 Å². The second-order valence-corrected chi connectivity index (χ2v) is 5.99. The molecule has 0 amide bonds. The lowest BCUT2D eigenvalue weighted by molar-refractivity contribution is -0.0182. The summed E-state index contributed by atoms with van der Waals surface area (Å²) in [5, 5.41) is 9.50. The molecular weight excluding hydrogens is 274 g/mol. The first-order valence-corrected chi connectivity index (χ1v) is 7.69. The minimum atomic E-state index is 0.261. The van der Waals surface area contributed by atoms with E-state index in [9.17, 15) is 0 Å². The highest BCUT2D eigenvalue weighted by Gasteiger charge is 2.17. The molecular formula is C14H19N3O2S. The highest BCUT2D eigenvalue weighted by molar-refractivity contribution is 7.13. The van der Waals surface area contributed by atoms with Crippen molar-refractivity contribution >= 4 is 11.3 Å². The van der Waals surface area contributed by atoms with Gasteiger partial charge in [0, 0.05) is 32.2 Å². The van der Waals surface area contributed by atoms with Crippen LogP contribution >= 0.6 is 11.3 Å². The molecule has 0 spiro atoms. The topological polar surface area (TPSA) is 50.5 Å². The Labute approximate surface area is 122 Å². The molecule has 1 saturated heterocycles. The minimum absolute atomic E-state index is 0.261. The molecule has 108 valence electrons. The Balaban J connectivity index is 1.47. The highest BCUT2D eigenvalue weighted by atomic mass is 32.1. The van der Waals surface area contributed by atoms with Crippen molar-refractivity contribution in [2.75, 3.05) is 33.3 Å². The summed E-state index contributed by atoms with van der Waals surface area (Å²) in [6, 6.07) is 6.04. The number of hydrogen-bond acceptors (Lipinski definition) is 6. The van der Waals surface area contributed by atoms with Gasteiger partial charge < -0.3 is 19.5 Å². The van der Waals surface area contributed by atoms with Crippen molar-refractivity contribution in [1.82, 2.24) is 15.4 Å². The largest absolute Gasteiger partial charge is 0.374 e. The van der Waals surface area contributed by atoms with Crippen LogP contribution in [0.5, 0.6) is 0 Å². The molecule has 0 unspecified atom stereocenters. The summed E-state index contributed by atoms with van der Waals surface area (Å²) in [5.74, 6) is 0.838. The van der Waals surface area contributed by atoms with Gasteiger partial charge in [-0.05, 0) is 18.5 Å². The van der Waals surface area contributed by atoms with Gasteiger partial charge in [-0.2, -0.15) is 0 Å². The summed E-state index contributed by atoms with van der Waals surface area (Å²) >= 11 is 1.66. The number of morpholine rings is 1. The van der Waals surface area contributed by atoms with E-state index >= 15 is 0 Å². The number of ether oxygens (including phenoxy) is 1. The summed E-state index contributed by atoms with van der Waals surface area (Å²) in [6.45, 7) is 4.36. The number of thiophene rings is 1. The number of rotatable bonds is 5. The molecule has 20 heavy (non-hydrogen) atoms. The second kappa shape index (κ2) is 6.49. The summed E-state index contributed by atoms with van der Waals surface area (Å²) in [4.78, 5) is 3.40. The smallest absolute Gasteiger partial charge is 0.177 e. The van der Waals surface area contributed by atoms with Crippen LogP contribution in [0.15, 0.2) is 28.1 Å². The number of nitrogens with zero attached hydrogens (tertiary/aromatic N) is 2. The van der Waals surface area contributed by atoms with Gasteiger partial charge in [-0.3, -0.25) is 0 Å².